The molecule has 0 aromatic carbocycles. The van der Waals surface area contributed by atoms with Crippen LogP contribution in [0.5, 0.6) is 0 Å². The lowest BCUT2D eigenvalue weighted by molar-refractivity contribution is -0.117. The van der Waals surface area contributed by atoms with Crippen LogP contribution in [0.1, 0.15) is 12.8 Å². The number of hydrogen-bond donors (Lipinski definition) is 1. The first-order valence-corrected chi connectivity index (χ1v) is 6.59. The molecule has 1 aliphatic carbocycles. The highest BCUT2D eigenvalue weighted by atomic mass is 35.5. The Hall–Kier alpha value is -0.810. The van der Waals surface area contributed by atoms with Gasteiger partial charge in [0, 0.05) is 32.7 Å². The molecular formula is C11H18ClN3O2. The topological polar surface area (TPSA) is 52.7 Å². The van der Waals surface area contributed by atoms with Crippen LogP contribution in [-0.4, -0.2) is 60.3 Å². The summed E-state index contributed by atoms with van der Waals surface area (Å²) in [5.41, 5.74) is 0. The number of hydrogen-bond acceptors (Lipinski definition) is 3. The summed E-state index contributed by atoms with van der Waals surface area (Å²) in [6.07, 6.45) is 2.70. The van der Waals surface area contributed by atoms with Gasteiger partial charge in [0.15, 0.2) is 0 Å². The largest absolute Gasteiger partial charge is 0.324 e. The van der Waals surface area contributed by atoms with Gasteiger partial charge in [-0.25, -0.2) is 4.79 Å². The molecule has 0 spiro atoms. The van der Waals surface area contributed by atoms with Gasteiger partial charge in [0.1, 0.15) is 5.88 Å². The van der Waals surface area contributed by atoms with Crippen LogP contribution in [0, 0.1) is 5.92 Å². The van der Waals surface area contributed by atoms with Crippen molar-refractivity contribution in [1.29, 1.82) is 0 Å². The molecule has 0 bridgehead atoms. The Morgan fingerprint density at radius 3 is 2.35 bits per heavy atom. The van der Waals surface area contributed by atoms with Crippen LogP contribution >= 0.6 is 11.6 Å². The van der Waals surface area contributed by atoms with Crippen molar-refractivity contribution in [2.45, 2.75) is 12.8 Å². The van der Waals surface area contributed by atoms with Crippen molar-refractivity contribution in [2.75, 3.05) is 38.6 Å². The van der Waals surface area contributed by atoms with Gasteiger partial charge in [-0.2, -0.15) is 0 Å². The molecule has 6 heteroatoms. The summed E-state index contributed by atoms with van der Waals surface area (Å²) >= 11 is 5.33. The Morgan fingerprint density at radius 2 is 1.82 bits per heavy atom. The number of carbonyl (C=O) groups excluding carboxylic acids is 2. The average Bonchev–Trinajstić information content (AvgIpc) is 3.13. The van der Waals surface area contributed by atoms with Crippen molar-refractivity contribution in [1.82, 2.24) is 15.1 Å². The highest BCUT2D eigenvalue weighted by Crippen LogP contribution is 2.29. The maximum Gasteiger partial charge on any atom is 0.324 e. The van der Waals surface area contributed by atoms with E-state index >= 15 is 0 Å². The maximum absolute atomic E-state index is 11.6. The summed E-state index contributed by atoms with van der Waals surface area (Å²) < 4.78 is 0. The lowest BCUT2D eigenvalue weighted by Crippen LogP contribution is -2.53. The molecule has 17 heavy (non-hydrogen) atoms. The third-order valence-electron chi connectivity index (χ3n) is 3.24. The van der Waals surface area contributed by atoms with Crippen LogP contribution < -0.4 is 5.32 Å². The summed E-state index contributed by atoms with van der Waals surface area (Å²) in [6.45, 7) is 4.34. The van der Waals surface area contributed by atoms with E-state index in [1.54, 1.807) is 4.90 Å². The van der Waals surface area contributed by atoms with Crippen LogP contribution in [0.15, 0.2) is 0 Å². The van der Waals surface area contributed by atoms with Crippen LogP contribution in [-0.2, 0) is 4.79 Å². The van der Waals surface area contributed by atoms with Gasteiger partial charge in [0.2, 0.25) is 5.91 Å². The second-order valence-corrected chi connectivity index (χ2v) is 4.99. The summed E-state index contributed by atoms with van der Waals surface area (Å²) in [5.74, 6) is 0.276. The maximum atomic E-state index is 11.6. The predicted octanol–water partition coefficient (Wildman–Crippen LogP) is 0.489. The van der Waals surface area contributed by atoms with Crippen LogP contribution in [0.25, 0.3) is 0 Å². The molecule has 1 heterocycles. The fourth-order valence-corrected chi connectivity index (χ4v) is 2.10. The minimum atomic E-state index is -0.433. The van der Waals surface area contributed by atoms with Gasteiger partial charge in [-0.1, -0.05) is 0 Å². The fraction of sp³-hybridized carbons (Fsp3) is 0.818. The third-order valence-corrected chi connectivity index (χ3v) is 3.48. The van der Waals surface area contributed by atoms with E-state index in [1.165, 1.54) is 12.8 Å². The number of imide groups is 1. The molecule has 0 radical (unpaired) electrons. The van der Waals surface area contributed by atoms with Crippen LogP contribution in [0.4, 0.5) is 4.79 Å². The quantitative estimate of drug-likeness (QED) is 0.751. The smallest absolute Gasteiger partial charge is 0.322 e. The van der Waals surface area contributed by atoms with Gasteiger partial charge < -0.3 is 4.90 Å². The zero-order chi connectivity index (χ0) is 12.3. The van der Waals surface area contributed by atoms with Crippen molar-refractivity contribution in [2.24, 2.45) is 5.92 Å². The molecular weight excluding hydrogens is 242 g/mol. The number of urea groups is 1. The lowest BCUT2D eigenvalue weighted by Gasteiger charge is -2.34. The summed E-state index contributed by atoms with van der Waals surface area (Å²) in [6, 6.07) is -0.318. The molecule has 1 saturated heterocycles. The molecule has 0 aromatic rings. The number of amides is 3. The number of rotatable bonds is 3. The lowest BCUT2D eigenvalue weighted by atomic mass is 10.3. The van der Waals surface area contributed by atoms with E-state index < -0.39 is 5.91 Å². The van der Waals surface area contributed by atoms with Gasteiger partial charge in [0.25, 0.3) is 0 Å². The van der Waals surface area contributed by atoms with Crippen LogP contribution in [0.3, 0.4) is 0 Å². The monoisotopic (exact) mass is 259 g/mol. The Bertz CT molecular complexity index is 299. The number of alkyl halides is 1. The highest BCUT2D eigenvalue weighted by molar-refractivity contribution is 6.28. The highest BCUT2D eigenvalue weighted by Gasteiger charge is 2.27. The Morgan fingerprint density at radius 1 is 1.18 bits per heavy atom. The molecule has 1 aliphatic heterocycles. The van der Waals surface area contributed by atoms with E-state index in [0.717, 1.165) is 25.6 Å². The van der Waals surface area contributed by atoms with E-state index in [0.29, 0.717) is 13.1 Å². The Kier molecular flexibility index (Phi) is 4.23. The first-order chi connectivity index (χ1) is 8.19. The zero-order valence-corrected chi connectivity index (χ0v) is 10.6. The predicted molar refractivity (Wildman–Crippen MR) is 65.0 cm³/mol. The SMILES string of the molecule is O=C(CCl)NC(=O)N1CCN(CC2CC2)CC1. The van der Waals surface area contributed by atoms with E-state index in [-0.39, 0.29) is 11.9 Å². The molecule has 5 nitrogen and oxygen atoms in total. The second-order valence-electron chi connectivity index (χ2n) is 4.72. The molecule has 0 atom stereocenters. The van der Waals surface area contributed by atoms with E-state index in [1.807, 2.05) is 0 Å². The number of halogens is 1. The first kappa shape index (κ1) is 12.6. The number of nitrogens with zero attached hydrogens (tertiary/aromatic N) is 2. The second kappa shape index (κ2) is 5.69. The van der Waals surface area contributed by atoms with Crippen molar-refractivity contribution in [3.05, 3.63) is 0 Å². The van der Waals surface area contributed by atoms with E-state index in [9.17, 15) is 9.59 Å². The van der Waals surface area contributed by atoms with Gasteiger partial charge >= 0.3 is 6.03 Å². The van der Waals surface area contributed by atoms with Gasteiger partial charge in [-0.15, -0.1) is 11.6 Å². The standard InChI is InChI=1S/C11H18ClN3O2/c12-7-10(16)13-11(17)15-5-3-14(4-6-15)8-9-1-2-9/h9H,1-8H2,(H,13,16,17). The zero-order valence-electron chi connectivity index (χ0n) is 9.82. The van der Waals surface area contributed by atoms with Gasteiger partial charge in [-0.05, 0) is 18.8 Å². The summed E-state index contributed by atoms with van der Waals surface area (Å²) in [5, 5.41) is 2.26. The summed E-state index contributed by atoms with van der Waals surface area (Å²) in [4.78, 5) is 26.7. The molecule has 1 N–H and O–H groups in total. The van der Waals surface area contributed by atoms with Crippen LogP contribution in [0.2, 0.25) is 0 Å². The molecule has 2 aliphatic rings. The fourth-order valence-electron chi connectivity index (χ4n) is 2.03. The van der Waals surface area contributed by atoms with Gasteiger partial charge in [0.05, 0.1) is 0 Å². The summed E-state index contributed by atoms with van der Waals surface area (Å²) in [7, 11) is 0. The number of piperazine rings is 1. The molecule has 2 fully saturated rings. The van der Waals surface area contributed by atoms with E-state index in [2.05, 4.69) is 10.2 Å². The minimum absolute atomic E-state index is 0.173. The molecule has 3 amide bonds. The molecule has 0 aromatic heterocycles. The molecule has 0 unspecified atom stereocenters. The van der Waals surface area contributed by atoms with Gasteiger partial charge in [-0.3, -0.25) is 15.0 Å². The molecule has 96 valence electrons. The van der Waals surface area contributed by atoms with Crippen molar-refractivity contribution >= 4 is 23.5 Å². The Balaban J connectivity index is 1.70. The minimum Gasteiger partial charge on any atom is -0.322 e. The molecule has 1 saturated carbocycles. The average molecular weight is 260 g/mol. The van der Waals surface area contributed by atoms with E-state index in [4.69, 9.17) is 11.6 Å². The Labute approximate surface area is 106 Å². The number of carbonyl (C=O) groups is 2. The normalized spacial score (nSPS) is 21.4. The van der Waals surface area contributed by atoms with Crippen molar-refractivity contribution in [3.63, 3.8) is 0 Å². The van der Waals surface area contributed by atoms with Crippen molar-refractivity contribution < 1.29 is 9.59 Å². The third kappa shape index (κ3) is 3.85. The first-order valence-electron chi connectivity index (χ1n) is 6.06. The number of nitrogens with one attached hydrogen (secondary N) is 1. The van der Waals surface area contributed by atoms with Crippen molar-refractivity contribution in [3.8, 4) is 0 Å². The molecule has 2 rings (SSSR count).